The summed E-state index contributed by atoms with van der Waals surface area (Å²) in [5.41, 5.74) is 2.16. The van der Waals surface area contributed by atoms with E-state index < -0.39 is 12.2 Å². The molecule has 1 fully saturated rings. The first kappa shape index (κ1) is 10.3. The summed E-state index contributed by atoms with van der Waals surface area (Å²) in [6.07, 6.45) is -2.25. The number of rotatable bonds is 2. The zero-order valence-corrected chi connectivity index (χ0v) is 8.63. The van der Waals surface area contributed by atoms with Gasteiger partial charge in [-0.15, -0.1) is 0 Å². The minimum Gasteiger partial charge on any atom is -0.360 e. The van der Waals surface area contributed by atoms with Crippen LogP contribution in [0.15, 0.2) is 35.9 Å². The number of hydrogen-bond donors (Lipinski definition) is 0. The maximum Gasteiger partial charge on any atom is 0.271 e. The highest BCUT2D eigenvalue weighted by Gasteiger charge is 2.42. The van der Waals surface area contributed by atoms with Gasteiger partial charge in [-0.2, -0.15) is 8.78 Å². The Labute approximate surface area is 87.4 Å². The normalized spacial score (nSPS) is 23.7. The summed E-state index contributed by atoms with van der Waals surface area (Å²) in [6.45, 7) is 3.40. The average Bonchev–Trinajstić information content (AvgIpc) is 2.97. The summed E-state index contributed by atoms with van der Waals surface area (Å²) in [7, 11) is 0. The monoisotopic (exact) mass is 210 g/mol. The molecule has 80 valence electrons. The standard InChI is InChI=1S/C12H12F2O/c1-7-3-5-9(6-4-7)11-10(15-11)8(2)12(13)14/h3-6,10-11H,1-2H3/t10-,11+/m1/s1. The third-order valence-corrected chi connectivity index (χ3v) is 2.62. The largest absolute Gasteiger partial charge is 0.360 e. The van der Waals surface area contributed by atoms with E-state index in [9.17, 15) is 8.78 Å². The first-order valence-corrected chi connectivity index (χ1v) is 4.83. The Morgan fingerprint density at radius 3 is 2.33 bits per heavy atom. The van der Waals surface area contributed by atoms with E-state index in [-0.39, 0.29) is 11.7 Å². The molecule has 1 aromatic carbocycles. The first-order chi connectivity index (χ1) is 7.09. The van der Waals surface area contributed by atoms with Crippen molar-refractivity contribution in [2.45, 2.75) is 26.1 Å². The predicted octanol–water partition coefficient (Wildman–Crippen LogP) is 3.61. The summed E-state index contributed by atoms with van der Waals surface area (Å²) in [4.78, 5) is 0. The third kappa shape index (κ3) is 2.07. The van der Waals surface area contributed by atoms with Crippen LogP contribution in [-0.2, 0) is 4.74 Å². The fourth-order valence-electron chi connectivity index (χ4n) is 1.56. The Kier molecular flexibility index (Phi) is 2.57. The second-order valence-electron chi connectivity index (χ2n) is 3.83. The van der Waals surface area contributed by atoms with Gasteiger partial charge in [0.25, 0.3) is 6.08 Å². The molecule has 2 rings (SSSR count). The first-order valence-electron chi connectivity index (χ1n) is 4.83. The minimum atomic E-state index is -1.63. The van der Waals surface area contributed by atoms with Crippen molar-refractivity contribution in [1.82, 2.24) is 0 Å². The molecular formula is C12H12F2O. The lowest BCUT2D eigenvalue weighted by Gasteiger charge is -1.97. The van der Waals surface area contributed by atoms with Crippen molar-refractivity contribution >= 4 is 0 Å². The molecule has 1 heterocycles. The molecule has 0 N–H and O–H groups in total. The SMILES string of the molecule is CC(=C(F)F)[C@H]1O[C@H]1c1ccc(C)cc1. The van der Waals surface area contributed by atoms with Crippen LogP contribution < -0.4 is 0 Å². The average molecular weight is 210 g/mol. The highest BCUT2D eigenvalue weighted by molar-refractivity contribution is 5.30. The zero-order valence-electron chi connectivity index (χ0n) is 8.63. The van der Waals surface area contributed by atoms with E-state index in [1.54, 1.807) is 0 Å². The Bertz CT molecular complexity index is 391. The molecule has 0 saturated carbocycles. The number of halogens is 2. The van der Waals surface area contributed by atoms with E-state index in [1.807, 2.05) is 31.2 Å². The Morgan fingerprint density at radius 1 is 1.20 bits per heavy atom. The molecule has 0 aromatic heterocycles. The van der Waals surface area contributed by atoms with Crippen LogP contribution in [-0.4, -0.2) is 6.10 Å². The second-order valence-corrected chi connectivity index (χ2v) is 3.83. The summed E-state index contributed by atoms with van der Waals surface area (Å²) in [5.74, 6) is 0. The zero-order chi connectivity index (χ0) is 11.0. The summed E-state index contributed by atoms with van der Waals surface area (Å²) >= 11 is 0. The van der Waals surface area contributed by atoms with Gasteiger partial charge in [0.1, 0.15) is 12.2 Å². The molecule has 0 spiro atoms. The van der Waals surface area contributed by atoms with E-state index >= 15 is 0 Å². The van der Waals surface area contributed by atoms with E-state index in [0.29, 0.717) is 0 Å². The van der Waals surface area contributed by atoms with Crippen LogP contribution in [0.3, 0.4) is 0 Å². The molecule has 2 atom stereocenters. The molecule has 1 nitrogen and oxygen atoms in total. The van der Waals surface area contributed by atoms with Crippen LogP contribution in [0.2, 0.25) is 0 Å². The van der Waals surface area contributed by atoms with E-state index in [1.165, 1.54) is 6.92 Å². The third-order valence-electron chi connectivity index (χ3n) is 2.62. The quantitative estimate of drug-likeness (QED) is 0.679. The van der Waals surface area contributed by atoms with Gasteiger partial charge < -0.3 is 4.74 Å². The van der Waals surface area contributed by atoms with Gasteiger partial charge in [-0.05, 0) is 19.4 Å². The second kappa shape index (κ2) is 3.74. The van der Waals surface area contributed by atoms with Crippen LogP contribution in [0.5, 0.6) is 0 Å². The van der Waals surface area contributed by atoms with Gasteiger partial charge in [0.05, 0.1) is 0 Å². The number of ether oxygens (including phenoxy) is 1. The van der Waals surface area contributed by atoms with Crippen LogP contribution in [0.4, 0.5) is 8.78 Å². The van der Waals surface area contributed by atoms with Gasteiger partial charge in [-0.1, -0.05) is 29.8 Å². The van der Waals surface area contributed by atoms with Crippen LogP contribution >= 0.6 is 0 Å². The summed E-state index contributed by atoms with van der Waals surface area (Å²) < 4.78 is 29.8. The van der Waals surface area contributed by atoms with Crippen LogP contribution in [0, 0.1) is 6.92 Å². The van der Waals surface area contributed by atoms with Gasteiger partial charge in [-0.25, -0.2) is 0 Å². The molecule has 1 saturated heterocycles. The Balaban J connectivity index is 2.11. The molecule has 3 heteroatoms. The molecule has 15 heavy (non-hydrogen) atoms. The smallest absolute Gasteiger partial charge is 0.271 e. The summed E-state index contributed by atoms with van der Waals surface area (Å²) in [6, 6.07) is 7.75. The topological polar surface area (TPSA) is 12.5 Å². The number of hydrogen-bond acceptors (Lipinski definition) is 1. The maximum atomic E-state index is 12.3. The van der Waals surface area contributed by atoms with Crippen molar-refractivity contribution in [3.63, 3.8) is 0 Å². The lowest BCUT2D eigenvalue weighted by Crippen LogP contribution is -1.92. The molecule has 1 aromatic rings. The predicted molar refractivity (Wildman–Crippen MR) is 53.7 cm³/mol. The molecule has 0 unspecified atom stereocenters. The van der Waals surface area contributed by atoms with Crippen LogP contribution in [0.1, 0.15) is 24.2 Å². The Morgan fingerprint density at radius 2 is 1.80 bits per heavy atom. The molecule has 0 bridgehead atoms. The fourth-order valence-corrected chi connectivity index (χ4v) is 1.56. The van der Waals surface area contributed by atoms with E-state index in [4.69, 9.17) is 4.74 Å². The van der Waals surface area contributed by atoms with Gasteiger partial charge >= 0.3 is 0 Å². The van der Waals surface area contributed by atoms with Crippen molar-refractivity contribution in [2.24, 2.45) is 0 Å². The highest BCUT2D eigenvalue weighted by atomic mass is 19.3. The van der Waals surface area contributed by atoms with Crippen molar-refractivity contribution in [2.75, 3.05) is 0 Å². The highest BCUT2D eigenvalue weighted by Crippen LogP contribution is 2.44. The lowest BCUT2D eigenvalue weighted by molar-refractivity contribution is 0.367. The molecule has 1 aliphatic rings. The molecule has 0 aliphatic carbocycles. The fraction of sp³-hybridized carbons (Fsp3) is 0.333. The van der Waals surface area contributed by atoms with Gasteiger partial charge in [0.2, 0.25) is 0 Å². The van der Waals surface area contributed by atoms with Gasteiger partial charge in [0, 0.05) is 5.57 Å². The Hall–Kier alpha value is -1.22. The maximum absolute atomic E-state index is 12.3. The number of aryl methyl sites for hydroxylation is 1. The van der Waals surface area contributed by atoms with E-state index in [0.717, 1.165) is 11.1 Å². The van der Waals surface area contributed by atoms with Crippen molar-refractivity contribution in [1.29, 1.82) is 0 Å². The van der Waals surface area contributed by atoms with Gasteiger partial charge in [0.15, 0.2) is 0 Å². The number of benzene rings is 1. The molecule has 0 radical (unpaired) electrons. The van der Waals surface area contributed by atoms with Crippen molar-refractivity contribution in [3.8, 4) is 0 Å². The summed E-state index contributed by atoms with van der Waals surface area (Å²) in [5, 5.41) is 0. The molecular weight excluding hydrogens is 198 g/mol. The molecule has 0 amide bonds. The van der Waals surface area contributed by atoms with Gasteiger partial charge in [-0.3, -0.25) is 0 Å². The minimum absolute atomic E-state index is 0.0422. The lowest BCUT2D eigenvalue weighted by atomic mass is 10.1. The van der Waals surface area contributed by atoms with Crippen molar-refractivity contribution < 1.29 is 13.5 Å². The van der Waals surface area contributed by atoms with Crippen molar-refractivity contribution in [3.05, 3.63) is 47.0 Å². The molecule has 1 aliphatic heterocycles. The number of epoxide rings is 1. The van der Waals surface area contributed by atoms with Crippen LogP contribution in [0.25, 0.3) is 0 Å². The van der Waals surface area contributed by atoms with E-state index in [2.05, 4.69) is 0 Å².